The molecule has 1 N–H and O–H groups in total. The number of ether oxygens (including phenoxy) is 13. The van der Waals surface area contributed by atoms with Crippen molar-refractivity contribution in [3.8, 4) is 0 Å². The van der Waals surface area contributed by atoms with E-state index >= 15 is 0 Å². The van der Waals surface area contributed by atoms with Crippen molar-refractivity contribution in [3.05, 3.63) is 0 Å². The summed E-state index contributed by atoms with van der Waals surface area (Å²) in [5, 5.41) is 2.73. The topological polar surface area (TPSA) is 190 Å². The molecule has 0 saturated carbocycles. The van der Waals surface area contributed by atoms with Crippen LogP contribution in [0.5, 0.6) is 0 Å². The highest BCUT2D eigenvalue weighted by Crippen LogP contribution is 2.22. The maximum Gasteiger partial charge on any atom is 0.324 e. The number of nitrogens with one attached hydrogen (secondary N) is 1. The van der Waals surface area contributed by atoms with Crippen molar-refractivity contribution in [1.82, 2.24) is 15.1 Å². The molecule has 0 aliphatic heterocycles. The molecule has 65 heavy (non-hydrogen) atoms. The second-order valence-electron chi connectivity index (χ2n) is 15.6. The summed E-state index contributed by atoms with van der Waals surface area (Å²) in [5.74, 6) is -0.351. The molecular weight excluding hydrogens is 851 g/mol. The predicted molar refractivity (Wildman–Crippen MR) is 246 cm³/mol. The first kappa shape index (κ1) is 62.9. The number of imide groups is 1. The molecule has 4 unspecified atom stereocenters. The SMILES string of the molecule is CCCC(C(C)C)N(C(=O)CCOCCOCCOCCOCCOCCOCCOCCOCCOCCOCCOCCOC)C(=O)NCC(=O)N(C)C(C(C)CC)C(CC)OC. The second kappa shape index (κ2) is 45.7. The Bertz CT molecular complexity index is 1090. The molecule has 0 bridgehead atoms. The smallest absolute Gasteiger partial charge is 0.324 e. The Kier molecular flexibility index (Phi) is 44.2. The zero-order chi connectivity index (χ0) is 48.2. The number of hydrogen-bond donors (Lipinski definition) is 1. The van der Waals surface area contributed by atoms with Crippen molar-refractivity contribution in [1.29, 1.82) is 0 Å². The van der Waals surface area contributed by atoms with Gasteiger partial charge in [-0.15, -0.1) is 0 Å². The van der Waals surface area contributed by atoms with E-state index in [0.717, 1.165) is 19.3 Å². The lowest BCUT2D eigenvalue weighted by Crippen LogP contribution is -2.55. The molecular formula is C46H91N3O16. The van der Waals surface area contributed by atoms with Crippen molar-refractivity contribution in [2.45, 2.75) is 91.8 Å². The molecule has 19 nitrogen and oxygen atoms in total. The summed E-state index contributed by atoms with van der Waals surface area (Å²) < 4.78 is 71.1. The number of carbonyl (C=O) groups is 3. The number of likely N-dealkylation sites (N-methyl/N-ethyl adjacent to an activating group) is 1. The third-order valence-corrected chi connectivity index (χ3v) is 10.3. The molecule has 0 saturated heterocycles. The van der Waals surface area contributed by atoms with Gasteiger partial charge in [-0.05, 0) is 24.7 Å². The van der Waals surface area contributed by atoms with Crippen LogP contribution < -0.4 is 5.32 Å². The van der Waals surface area contributed by atoms with E-state index in [1.54, 1.807) is 26.2 Å². The number of nitrogens with zero attached hydrogens (tertiary/aromatic N) is 2. The molecule has 0 aliphatic rings. The van der Waals surface area contributed by atoms with Gasteiger partial charge in [-0.3, -0.25) is 14.5 Å². The minimum absolute atomic E-state index is 0.0232. The second-order valence-corrected chi connectivity index (χ2v) is 15.6. The van der Waals surface area contributed by atoms with Crippen molar-refractivity contribution >= 4 is 17.8 Å². The first-order valence-electron chi connectivity index (χ1n) is 23.8. The van der Waals surface area contributed by atoms with Gasteiger partial charge in [0.1, 0.15) is 0 Å². The van der Waals surface area contributed by atoms with Gasteiger partial charge in [0.25, 0.3) is 0 Å². The van der Waals surface area contributed by atoms with Gasteiger partial charge < -0.3 is 71.8 Å². The number of urea groups is 1. The fraction of sp³-hybridized carbons (Fsp3) is 0.935. The quantitative estimate of drug-likeness (QED) is 0.0865. The third-order valence-electron chi connectivity index (χ3n) is 10.3. The summed E-state index contributed by atoms with van der Waals surface area (Å²) in [7, 11) is 5.04. The van der Waals surface area contributed by atoms with Gasteiger partial charge in [-0.2, -0.15) is 0 Å². The molecule has 0 fully saturated rings. The number of rotatable bonds is 48. The Hall–Kier alpha value is -2.11. The fourth-order valence-corrected chi connectivity index (χ4v) is 6.54. The molecule has 4 atom stereocenters. The predicted octanol–water partition coefficient (Wildman–Crippen LogP) is 3.87. The van der Waals surface area contributed by atoms with Crippen LogP contribution in [-0.4, -0.2) is 226 Å². The highest BCUT2D eigenvalue weighted by Gasteiger charge is 2.34. The van der Waals surface area contributed by atoms with Gasteiger partial charge in [0.05, 0.1) is 177 Å². The van der Waals surface area contributed by atoms with Gasteiger partial charge in [-0.25, -0.2) is 4.79 Å². The summed E-state index contributed by atoms with van der Waals surface area (Å²) in [6.07, 6.45) is 2.98. The van der Waals surface area contributed by atoms with Crippen LogP contribution in [0, 0.1) is 11.8 Å². The van der Waals surface area contributed by atoms with Crippen molar-refractivity contribution < 1.29 is 76.0 Å². The highest BCUT2D eigenvalue weighted by molar-refractivity contribution is 5.96. The first-order chi connectivity index (χ1) is 31.6. The molecule has 386 valence electrons. The molecule has 0 aromatic carbocycles. The zero-order valence-corrected chi connectivity index (χ0v) is 41.8. The average molecular weight is 942 g/mol. The lowest BCUT2D eigenvalue weighted by molar-refractivity contribution is -0.136. The van der Waals surface area contributed by atoms with E-state index in [1.807, 2.05) is 27.7 Å². The summed E-state index contributed by atoms with van der Waals surface area (Å²) >= 11 is 0. The maximum absolute atomic E-state index is 13.5. The Labute approximate surface area is 391 Å². The van der Waals surface area contributed by atoms with Gasteiger partial charge in [0, 0.05) is 27.3 Å². The number of amides is 4. The van der Waals surface area contributed by atoms with Crippen LogP contribution in [0.15, 0.2) is 0 Å². The van der Waals surface area contributed by atoms with Gasteiger partial charge >= 0.3 is 6.03 Å². The van der Waals surface area contributed by atoms with Crippen LogP contribution in [0.25, 0.3) is 0 Å². The van der Waals surface area contributed by atoms with Crippen LogP contribution >= 0.6 is 0 Å². The largest absolute Gasteiger partial charge is 0.382 e. The summed E-state index contributed by atoms with van der Waals surface area (Å²) in [5.41, 5.74) is 0. The molecule has 0 radical (unpaired) electrons. The summed E-state index contributed by atoms with van der Waals surface area (Å²) in [4.78, 5) is 43.2. The van der Waals surface area contributed by atoms with E-state index < -0.39 is 6.03 Å². The number of carbonyl (C=O) groups excluding carboxylic acids is 3. The molecule has 0 rings (SSSR count). The Morgan fingerprint density at radius 1 is 0.492 bits per heavy atom. The standard InChI is InChI=1S/C46H91N3O16/c1-10-13-41(39(4)5)49(46(52)47-38-44(51)48(7)45(40(6)11-2)42(12-3)54-9)43(50)14-15-55-18-19-57-22-23-59-26-27-61-30-31-63-34-35-65-37-36-64-33-32-62-29-28-60-25-24-58-21-20-56-17-16-53-8/h39-42,45H,10-38H2,1-9H3,(H,47,52). The lowest BCUT2D eigenvalue weighted by Gasteiger charge is -2.38. The third kappa shape index (κ3) is 33.9. The van der Waals surface area contributed by atoms with E-state index in [2.05, 4.69) is 19.2 Å². The van der Waals surface area contributed by atoms with Crippen LogP contribution in [0.4, 0.5) is 4.79 Å². The van der Waals surface area contributed by atoms with Crippen LogP contribution in [0.2, 0.25) is 0 Å². The molecule has 0 aliphatic carbocycles. The fourth-order valence-electron chi connectivity index (χ4n) is 6.54. The number of hydrogen-bond acceptors (Lipinski definition) is 16. The normalized spacial score (nSPS) is 13.5. The maximum atomic E-state index is 13.5. The minimum atomic E-state index is -0.572. The van der Waals surface area contributed by atoms with E-state index in [4.69, 9.17) is 61.6 Å². The van der Waals surface area contributed by atoms with Crippen LogP contribution in [0.3, 0.4) is 0 Å². The van der Waals surface area contributed by atoms with E-state index in [0.29, 0.717) is 152 Å². The van der Waals surface area contributed by atoms with Crippen molar-refractivity contribution in [3.63, 3.8) is 0 Å². The molecule has 19 heteroatoms. The highest BCUT2D eigenvalue weighted by atomic mass is 16.6. The van der Waals surface area contributed by atoms with Crippen molar-refractivity contribution in [2.24, 2.45) is 11.8 Å². The summed E-state index contributed by atoms with van der Waals surface area (Å²) in [6.45, 7) is 22.5. The molecule has 4 amide bonds. The minimum Gasteiger partial charge on any atom is -0.382 e. The van der Waals surface area contributed by atoms with Crippen LogP contribution in [-0.2, 0) is 71.2 Å². The summed E-state index contributed by atoms with van der Waals surface area (Å²) in [6, 6.07) is -1.02. The average Bonchev–Trinajstić information content (AvgIpc) is 3.30. The lowest BCUT2D eigenvalue weighted by atomic mass is 9.91. The Balaban J connectivity index is 3.93. The van der Waals surface area contributed by atoms with Gasteiger partial charge in [-0.1, -0.05) is 54.4 Å². The monoisotopic (exact) mass is 942 g/mol. The molecule has 0 spiro atoms. The van der Waals surface area contributed by atoms with E-state index in [1.165, 1.54) is 4.90 Å². The van der Waals surface area contributed by atoms with Crippen LogP contribution in [0.1, 0.15) is 73.6 Å². The van der Waals surface area contributed by atoms with Crippen molar-refractivity contribution in [2.75, 3.05) is 180 Å². The van der Waals surface area contributed by atoms with E-state index in [9.17, 15) is 14.4 Å². The molecule has 0 heterocycles. The molecule has 0 aromatic rings. The number of methoxy groups -OCH3 is 2. The van der Waals surface area contributed by atoms with E-state index in [-0.39, 0.29) is 61.4 Å². The Morgan fingerprint density at radius 3 is 1.14 bits per heavy atom. The zero-order valence-electron chi connectivity index (χ0n) is 41.8. The molecule has 0 aromatic heterocycles. The van der Waals surface area contributed by atoms with Gasteiger partial charge in [0.2, 0.25) is 11.8 Å². The first-order valence-corrected chi connectivity index (χ1v) is 23.8. The Morgan fingerprint density at radius 2 is 0.846 bits per heavy atom. The van der Waals surface area contributed by atoms with Gasteiger partial charge in [0.15, 0.2) is 0 Å².